The number of aliphatic hydroxyl groups is 1. The first-order valence-corrected chi connectivity index (χ1v) is 6.92. The van der Waals surface area contributed by atoms with Gasteiger partial charge in [0.15, 0.2) is 0 Å². The SMILES string of the molecule is CC1CN(c2cc(C#N)c3ccccc3n2)CCC1O. The Morgan fingerprint density at radius 3 is 2.95 bits per heavy atom. The van der Waals surface area contributed by atoms with Gasteiger partial charge >= 0.3 is 0 Å². The van der Waals surface area contributed by atoms with Crippen LogP contribution in [0.5, 0.6) is 0 Å². The molecule has 1 aliphatic rings. The molecular formula is C16H17N3O. The molecule has 4 nitrogen and oxygen atoms in total. The van der Waals surface area contributed by atoms with Crippen molar-refractivity contribution in [1.29, 1.82) is 5.26 Å². The number of nitriles is 1. The average Bonchev–Trinajstić information content (AvgIpc) is 2.49. The third-order valence-corrected chi connectivity index (χ3v) is 4.01. The summed E-state index contributed by atoms with van der Waals surface area (Å²) in [6, 6.07) is 11.8. The molecule has 102 valence electrons. The fourth-order valence-corrected chi connectivity index (χ4v) is 2.76. The largest absolute Gasteiger partial charge is 0.393 e. The highest BCUT2D eigenvalue weighted by Gasteiger charge is 2.25. The average molecular weight is 267 g/mol. The molecule has 0 radical (unpaired) electrons. The van der Waals surface area contributed by atoms with E-state index in [4.69, 9.17) is 0 Å². The van der Waals surface area contributed by atoms with Gasteiger partial charge in [0.1, 0.15) is 5.82 Å². The predicted molar refractivity (Wildman–Crippen MR) is 78.5 cm³/mol. The Hall–Kier alpha value is -2.12. The van der Waals surface area contributed by atoms with Gasteiger partial charge in [-0.05, 0) is 24.5 Å². The molecule has 0 amide bonds. The van der Waals surface area contributed by atoms with Crippen LogP contribution in [0.1, 0.15) is 18.9 Å². The highest BCUT2D eigenvalue weighted by Crippen LogP contribution is 2.26. The zero-order chi connectivity index (χ0) is 14.1. The number of hydrogen-bond donors (Lipinski definition) is 1. The van der Waals surface area contributed by atoms with E-state index in [9.17, 15) is 10.4 Å². The highest BCUT2D eigenvalue weighted by atomic mass is 16.3. The molecule has 2 unspecified atom stereocenters. The Morgan fingerprint density at radius 2 is 2.20 bits per heavy atom. The van der Waals surface area contributed by atoms with Crippen molar-refractivity contribution in [3.8, 4) is 6.07 Å². The van der Waals surface area contributed by atoms with Crippen LogP contribution in [-0.2, 0) is 0 Å². The van der Waals surface area contributed by atoms with Gasteiger partial charge in [-0.1, -0.05) is 25.1 Å². The number of benzene rings is 1. The van der Waals surface area contributed by atoms with Crippen LogP contribution < -0.4 is 4.90 Å². The van der Waals surface area contributed by atoms with E-state index >= 15 is 0 Å². The Morgan fingerprint density at radius 1 is 1.40 bits per heavy atom. The Balaban J connectivity index is 2.02. The second-order valence-corrected chi connectivity index (χ2v) is 5.44. The van der Waals surface area contributed by atoms with E-state index < -0.39 is 0 Å². The molecular weight excluding hydrogens is 250 g/mol. The third kappa shape index (κ3) is 2.21. The lowest BCUT2D eigenvalue weighted by Crippen LogP contribution is -2.42. The normalized spacial score (nSPS) is 22.8. The van der Waals surface area contributed by atoms with Crippen LogP contribution in [0.3, 0.4) is 0 Å². The van der Waals surface area contributed by atoms with E-state index in [1.807, 2.05) is 37.3 Å². The van der Waals surface area contributed by atoms with E-state index in [1.54, 1.807) is 0 Å². The summed E-state index contributed by atoms with van der Waals surface area (Å²) in [5.41, 5.74) is 1.50. The van der Waals surface area contributed by atoms with Crippen molar-refractivity contribution in [1.82, 2.24) is 4.98 Å². The second-order valence-electron chi connectivity index (χ2n) is 5.44. The lowest BCUT2D eigenvalue weighted by atomic mass is 9.96. The molecule has 1 aromatic carbocycles. The third-order valence-electron chi connectivity index (χ3n) is 4.01. The summed E-state index contributed by atoms with van der Waals surface area (Å²) in [5.74, 6) is 1.06. The van der Waals surface area contributed by atoms with Crippen molar-refractivity contribution >= 4 is 16.7 Å². The Bertz CT molecular complexity index is 677. The topological polar surface area (TPSA) is 60.2 Å². The van der Waals surface area contributed by atoms with Gasteiger partial charge in [0.2, 0.25) is 0 Å². The first kappa shape index (κ1) is 12.9. The van der Waals surface area contributed by atoms with Gasteiger partial charge in [0, 0.05) is 18.5 Å². The first-order valence-electron chi connectivity index (χ1n) is 6.92. The van der Waals surface area contributed by atoms with E-state index in [0.29, 0.717) is 5.56 Å². The van der Waals surface area contributed by atoms with Crippen LogP contribution in [0, 0.1) is 17.2 Å². The summed E-state index contributed by atoms with van der Waals surface area (Å²) < 4.78 is 0. The monoisotopic (exact) mass is 267 g/mol. The number of para-hydroxylation sites is 1. The molecule has 1 aliphatic heterocycles. The van der Waals surface area contributed by atoms with Crippen molar-refractivity contribution < 1.29 is 5.11 Å². The molecule has 1 saturated heterocycles. The number of fused-ring (bicyclic) bond motifs is 1. The maximum Gasteiger partial charge on any atom is 0.130 e. The number of aliphatic hydroxyl groups excluding tert-OH is 1. The molecule has 2 atom stereocenters. The molecule has 1 aromatic heterocycles. The maximum absolute atomic E-state index is 9.82. The van der Waals surface area contributed by atoms with Gasteiger partial charge in [-0.15, -0.1) is 0 Å². The van der Waals surface area contributed by atoms with Crippen molar-refractivity contribution in [2.45, 2.75) is 19.4 Å². The molecule has 0 saturated carbocycles. The van der Waals surface area contributed by atoms with E-state index in [1.165, 1.54) is 0 Å². The minimum Gasteiger partial charge on any atom is -0.393 e. The lowest BCUT2D eigenvalue weighted by Gasteiger charge is -2.35. The summed E-state index contributed by atoms with van der Waals surface area (Å²) in [7, 11) is 0. The smallest absolute Gasteiger partial charge is 0.130 e. The van der Waals surface area contributed by atoms with E-state index in [2.05, 4.69) is 16.0 Å². The zero-order valence-corrected chi connectivity index (χ0v) is 11.5. The molecule has 2 aromatic rings. The molecule has 0 aliphatic carbocycles. The van der Waals surface area contributed by atoms with Gasteiger partial charge in [0.05, 0.1) is 23.3 Å². The molecule has 1 fully saturated rings. The molecule has 4 heteroatoms. The molecule has 3 rings (SSSR count). The van der Waals surface area contributed by atoms with Crippen LogP contribution in [0.2, 0.25) is 0 Å². The van der Waals surface area contributed by atoms with Crippen LogP contribution in [-0.4, -0.2) is 29.3 Å². The molecule has 2 heterocycles. The molecule has 1 N–H and O–H groups in total. The first-order chi connectivity index (χ1) is 9.69. The van der Waals surface area contributed by atoms with Gasteiger partial charge < -0.3 is 10.0 Å². The fourth-order valence-electron chi connectivity index (χ4n) is 2.76. The molecule has 20 heavy (non-hydrogen) atoms. The minimum atomic E-state index is -0.234. The van der Waals surface area contributed by atoms with Crippen molar-refractivity contribution in [2.24, 2.45) is 5.92 Å². The second kappa shape index (κ2) is 5.10. The summed E-state index contributed by atoms with van der Waals surface area (Å²) in [4.78, 5) is 6.82. The van der Waals surface area contributed by atoms with E-state index in [-0.39, 0.29) is 12.0 Å². The summed E-state index contributed by atoms with van der Waals surface area (Å²) >= 11 is 0. The summed E-state index contributed by atoms with van der Waals surface area (Å²) in [5, 5.41) is 20.0. The minimum absolute atomic E-state index is 0.225. The number of hydrogen-bond acceptors (Lipinski definition) is 4. The highest BCUT2D eigenvalue weighted by molar-refractivity contribution is 5.86. The maximum atomic E-state index is 9.82. The van der Waals surface area contributed by atoms with Gasteiger partial charge in [0.25, 0.3) is 0 Å². The predicted octanol–water partition coefficient (Wildman–Crippen LogP) is 2.31. The van der Waals surface area contributed by atoms with Crippen LogP contribution >= 0.6 is 0 Å². The van der Waals surface area contributed by atoms with Gasteiger partial charge in [-0.3, -0.25) is 0 Å². The number of rotatable bonds is 1. The number of nitrogens with zero attached hydrogens (tertiary/aromatic N) is 3. The van der Waals surface area contributed by atoms with Gasteiger partial charge in [-0.25, -0.2) is 4.98 Å². The van der Waals surface area contributed by atoms with Crippen LogP contribution in [0.15, 0.2) is 30.3 Å². The lowest BCUT2D eigenvalue weighted by molar-refractivity contribution is 0.0969. The Labute approximate surface area is 118 Å². The number of piperidine rings is 1. The summed E-state index contributed by atoms with van der Waals surface area (Å²) in [6.07, 6.45) is 0.513. The number of anilines is 1. The Kier molecular flexibility index (Phi) is 3.29. The van der Waals surface area contributed by atoms with Crippen LogP contribution in [0.25, 0.3) is 10.9 Å². The zero-order valence-electron chi connectivity index (χ0n) is 11.5. The summed E-state index contributed by atoms with van der Waals surface area (Å²) in [6.45, 7) is 3.60. The van der Waals surface area contributed by atoms with E-state index in [0.717, 1.165) is 36.2 Å². The standard InChI is InChI=1S/C16H17N3O/c1-11-10-19(7-6-15(11)20)16-8-12(9-17)13-4-2-3-5-14(13)18-16/h2-5,8,11,15,20H,6-7,10H2,1H3. The van der Waals surface area contributed by atoms with Crippen molar-refractivity contribution in [3.05, 3.63) is 35.9 Å². The van der Waals surface area contributed by atoms with Crippen molar-refractivity contribution in [3.63, 3.8) is 0 Å². The number of pyridine rings is 1. The fraction of sp³-hybridized carbons (Fsp3) is 0.375. The molecule has 0 bridgehead atoms. The quantitative estimate of drug-likeness (QED) is 0.861. The number of aromatic nitrogens is 1. The molecule has 0 spiro atoms. The van der Waals surface area contributed by atoms with Crippen molar-refractivity contribution in [2.75, 3.05) is 18.0 Å². The van der Waals surface area contributed by atoms with Gasteiger partial charge in [-0.2, -0.15) is 5.26 Å². The van der Waals surface area contributed by atoms with Crippen LogP contribution in [0.4, 0.5) is 5.82 Å².